The van der Waals surface area contributed by atoms with Gasteiger partial charge in [0.25, 0.3) is 5.91 Å². The van der Waals surface area contributed by atoms with E-state index in [1.165, 1.54) is 9.47 Å². The third kappa shape index (κ3) is 3.15. The number of fused-ring (bicyclic) bond motifs is 2. The Hall–Kier alpha value is -3.49. The number of aromatic nitrogens is 4. The Balaban J connectivity index is 1.57. The maximum Gasteiger partial charge on any atom is 0.346 e. The van der Waals surface area contributed by atoms with Crippen LogP contribution < -0.4 is 5.69 Å². The van der Waals surface area contributed by atoms with Crippen molar-refractivity contribution in [3.05, 3.63) is 58.4 Å². The highest BCUT2D eigenvalue weighted by atomic mass is 16.2. The molecule has 4 rings (SSSR count). The van der Waals surface area contributed by atoms with E-state index >= 15 is 0 Å². The van der Waals surface area contributed by atoms with Gasteiger partial charge in [-0.3, -0.25) is 19.1 Å². The molecule has 144 valence electrons. The molecule has 0 spiro atoms. The molecule has 1 aliphatic heterocycles. The predicted octanol–water partition coefficient (Wildman–Crippen LogP) is 0.337. The van der Waals surface area contributed by atoms with Crippen LogP contribution in [0.4, 0.5) is 0 Å². The van der Waals surface area contributed by atoms with E-state index in [-0.39, 0.29) is 30.6 Å². The Kier molecular flexibility index (Phi) is 4.42. The minimum absolute atomic E-state index is 0.115. The normalized spacial score (nSPS) is 13.4. The van der Waals surface area contributed by atoms with E-state index < -0.39 is 0 Å². The molecular weight excluding hydrogens is 360 g/mol. The average Bonchev–Trinajstić information content (AvgIpc) is 3.01. The van der Waals surface area contributed by atoms with Crippen molar-refractivity contribution in [1.29, 1.82) is 0 Å². The van der Waals surface area contributed by atoms with Crippen LogP contribution in [0.15, 0.2) is 41.3 Å². The van der Waals surface area contributed by atoms with Crippen molar-refractivity contribution in [3.8, 4) is 0 Å². The van der Waals surface area contributed by atoms with Crippen LogP contribution in [0.1, 0.15) is 16.2 Å². The van der Waals surface area contributed by atoms with Gasteiger partial charge in [-0.2, -0.15) is 5.10 Å². The molecule has 28 heavy (non-hydrogen) atoms. The first kappa shape index (κ1) is 17.9. The number of likely N-dealkylation sites (N-methyl/N-ethyl adjacent to an activating group) is 1. The molecule has 0 bridgehead atoms. The van der Waals surface area contributed by atoms with E-state index in [9.17, 15) is 14.4 Å². The molecule has 1 aliphatic rings. The van der Waals surface area contributed by atoms with Gasteiger partial charge < -0.3 is 9.80 Å². The zero-order valence-corrected chi connectivity index (χ0v) is 15.7. The van der Waals surface area contributed by atoms with Gasteiger partial charge in [-0.1, -0.05) is 12.1 Å². The summed E-state index contributed by atoms with van der Waals surface area (Å²) in [6.07, 6.45) is 1.69. The molecule has 0 N–H and O–H groups in total. The molecule has 9 nitrogen and oxygen atoms in total. The summed E-state index contributed by atoms with van der Waals surface area (Å²) in [7, 11) is 3.25. The molecule has 3 heterocycles. The second-order valence-corrected chi connectivity index (χ2v) is 6.93. The molecule has 2 amide bonds. The van der Waals surface area contributed by atoms with Gasteiger partial charge in [0.1, 0.15) is 6.54 Å². The summed E-state index contributed by atoms with van der Waals surface area (Å²) in [6, 6.07) is 9.22. The number of hydrogen-bond acceptors (Lipinski definition) is 5. The van der Waals surface area contributed by atoms with Gasteiger partial charge in [0.15, 0.2) is 5.82 Å². The number of benzene rings is 1. The lowest BCUT2D eigenvalue weighted by Gasteiger charge is -2.26. The molecular formula is C19H20N6O3. The van der Waals surface area contributed by atoms with Crippen LogP contribution >= 0.6 is 0 Å². The first-order valence-corrected chi connectivity index (χ1v) is 8.95. The van der Waals surface area contributed by atoms with Crippen LogP contribution in [0.3, 0.4) is 0 Å². The van der Waals surface area contributed by atoms with E-state index in [1.807, 2.05) is 18.2 Å². The highest BCUT2D eigenvalue weighted by Gasteiger charge is 2.26. The lowest BCUT2D eigenvalue weighted by Crippen LogP contribution is -2.41. The Labute approximate surface area is 160 Å². The first-order chi connectivity index (χ1) is 13.4. The monoisotopic (exact) mass is 380 g/mol. The minimum Gasteiger partial charge on any atom is -0.347 e. The fourth-order valence-corrected chi connectivity index (χ4v) is 3.23. The molecule has 0 aliphatic carbocycles. The second-order valence-electron chi connectivity index (χ2n) is 6.93. The predicted molar refractivity (Wildman–Crippen MR) is 102 cm³/mol. The quantitative estimate of drug-likeness (QED) is 0.653. The maximum absolute atomic E-state index is 12.9. The highest BCUT2D eigenvalue weighted by Crippen LogP contribution is 2.17. The number of amides is 2. The summed E-state index contributed by atoms with van der Waals surface area (Å²) in [6.45, 7) is 0.856. The largest absolute Gasteiger partial charge is 0.347 e. The summed E-state index contributed by atoms with van der Waals surface area (Å²) < 4.78 is 2.68. The van der Waals surface area contributed by atoms with Gasteiger partial charge in [0, 0.05) is 44.3 Å². The topological polar surface area (TPSA) is 93.3 Å². The highest BCUT2D eigenvalue weighted by molar-refractivity contribution is 5.97. The molecule has 9 heteroatoms. The lowest BCUT2D eigenvalue weighted by atomic mass is 10.1. The van der Waals surface area contributed by atoms with Crippen LogP contribution in [0.2, 0.25) is 0 Å². The van der Waals surface area contributed by atoms with Gasteiger partial charge in [0.05, 0.1) is 12.1 Å². The Morgan fingerprint density at radius 3 is 2.79 bits per heavy atom. The van der Waals surface area contributed by atoms with Crippen molar-refractivity contribution in [3.63, 3.8) is 0 Å². The zero-order valence-electron chi connectivity index (χ0n) is 15.7. The Morgan fingerprint density at radius 2 is 2.00 bits per heavy atom. The summed E-state index contributed by atoms with van der Waals surface area (Å²) in [5.41, 5.74) is 0.977. The van der Waals surface area contributed by atoms with Gasteiger partial charge in [-0.15, -0.1) is 0 Å². The minimum atomic E-state index is -0.327. The molecule has 2 aromatic heterocycles. The third-order valence-corrected chi connectivity index (χ3v) is 4.85. The zero-order chi connectivity index (χ0) is 19.8. The van der Waals surface area contributed by atoms with Gasteiger partial charge in [0.2, 0.25) is 5.91 Å². The van der Waals surface area contributed by atoms with Crippen LogP contribution in [-0.4, -0.2) is 61.6 Å². The van der Waals surface area contributed by atoms with E-state index in [2.05, 4.69) is 10.1 Å². The van der Waals surface area contributed by atoms with Crippen LogP contribution in [0.5, 0.6) is 0 Å². The van der Waals surface area contributed by atoms with E-state index in [0.717, 1.165) is 15.6 Å². The first-order valence-electron chi connectivity index (χ1n) is 8.95. The van der Waals surface area contributed by atoms with Gasteiger partial charge in [-0.25, -0.2) is 9.48 Å². The SMILES string of the molecule is CN(C)C(=O)Cn1nc2n(c1=O)CCN(C(=O)c1ccc3cccnc3c1)C2. The van der Waals surface area contributed by atoms with E-state index in [4.69, 9.17) is 0 Å². The number of rotatable bonds is 3. The van der Waals surface area contributed by atoms with Crippen molar-refractivity contribution in [1.82, 2.24) is 29.1 Å². The molecule has 0 saturated heterocycles. The second kappa shape index (κ2) is 6.91. The van der Waals surface area contributed by atoms with Crippen LogP contribution in [0.25, 0.3) is 10.9 Å². The Bertz CT molecular complexity index is 1130. The number of nitrogens with zero attached hydrogens (tertiary/aromatic N) is 6. The maximum atomic E-state index is 12.9. The smallest absolute Gasteiger partial charge is 0.346 e. The van der Waals surface area contributed by atoms with Crippen molar-refractivity contribution in [2.45, 2.75) is 19.6 Å². The number of pyridine rings is 1. The van der Waals surface area contributed by atoms with Crippen molar-refractivity contribution < 1.29 is 9.59 Å². The Morgan fingerprint density at radius 1 is 1.18 bits per heavy atom. The van der Waals surface area contributed by atoms with Crippen molar-refractivity contribution in [2.24, 2.45) is 0 Å². The standard InChI is InChI=1S/C19H20N6O3/c1-22(2)17(26)12-25-19(28)24-9-8-23(11-16(24)21-25)18(27)14-6-5-13-4-3-7-20-15(13)10-14/h3-7,10H,8-9,11-12H2,1-2H3. The molecule has 0 saturated carbocycles. The number of carbonyl (C=O) groups is 2. The summed E-state index contributed by atoms with van der Waals surface area (Å²) in [4.78, 5) is 44.6. The number of carbonyl (C=O) groups excluding carboxylic acids is 2. The molecule has 3 aromatic rings. The summed E-state index contributed by atoms with van der Waals surface area (Å²) >= 11 is 0. The summed E-state index contributed by atoms with van der Waals surface area (Å²) in [5.74, 6) is 0.134. The fourth-order valence-electron chi connectivity index (χ4n) is 3.23. The molecule has 0 unspecified atom stereocenters. The van der Waals surface area contributed by atoms with Crippen LogP contribution in [0, 0.1) is 0 Å². The third-order valence-electron chi connectivity index (χ3n) is 4.85. The van der Waals surface area contributed by atoms with Crippen LogP contribution in [-0.2, 0) is 24.4 Å². The summed E-state index contributed by atoms with van der Waals surface area (Å²) in [5, 5.41) is 5.23. The lowest BCUT2D eigenvalue weighted by molar-refractivity contribution is -0.129. The van der Waals surface area contributed by atoms with E-state index in [1.54, 1.807) is 37.3 Å². The van der Waals surface area contributed by atoms with Crippen molar-refractivity contribution in [2.75, 3.05) is 20.6 Å². The average molecular weight is 380 g/mol. The molecule has 1 aromatic carbocycles. The molecule has 0 radical (unpaired) electrons. The molecule has 0 fully saturated rings. The fraction of sp³-hybridized carbons (Fsp3) is 0.316. The van der Waals surface area contributed by atoms with Gasteiger partial charge >= 0.3 is 5.69 Å². The van der Waals surface area contributed by atoms with Crippen molar-refractivity contribution >= 4 is 22.7 Å². The van der Waals surface area contributed by atoms with E-state index in [0.29, 0.717) is 24.5 Å². The molecule has 0 atom stereocenters. The number of hydrogen-bond donors (Lipinski definition) is 0. The van der Waals surface area contributed by atoms with Gasteiger partial charge in [-0.05, 0) is 18.2 Å².